The van der Waals surface area contributed by atoms with Crippen LogP contribution in [0.4, 0.5) is 0 Å². The zero-order valence-corrected chi connectivity index (χ0v) is 11.3. The van der Waals surface area contributed by atoms with Crippen molar-refractivity contribution in [1.82, 2.24) is 0 Å². The molecule has 3 heteroatoms. The molecule has 0 bridgehead atoms. The van der Waals surface area contributed by atoms with Crippen LogP contribution >= 0.6 is 11.6 Å². The normalized spacial score (nSPS) is 10.8. The molecule has 0 saturated heterocycles. The van der Waals surface area contributed by atoms with E-state index in [1.54, 1.807) is 6.26 Å². The number of hydrogen-bond donors (Lipinski definition) is 0. The third-order valence-electron chi connectivity index (χ3n) is 3.01. The van der Waals surface area contributed by atoms with Gasteiger partial charge in [0.05, 0.1) is 11.3 Å². The SMILES string of the molecule is Cc1cccc(OCc2coc3cccc(Cl)c23)c1. The van der Waals surface area contributed by atoms with Gasteiger partial charge in [-0.2, -0.15) is 0 Å². The molecular weight excluding hydrogens is 260 g/mol. The van der Waals surface area contributed by atoms with Gasteiger partial charge < -0.3 is 9.15 Å². The van der Waals surface area contributed by atoms with Crippen molar-refractivity contribution in [2.45, 2.75) is 13.5 Å². The van der Waals surface area contributed by atoms with Gasteiger partial charge in [-0.1, -0.05) is 29.8 Å². The second kappa shape index (κ2) is 4.98. The van der Waals surface area contributed by atoms with E-state index in [1.165, 1.54) is 5.56 Å². The number of furan rings is 1. The first-order valence-electron chi connectivity index (χ1n) is 6.08. The third-order valence-corrected chi connectivity index (χ3v) is 3.32. The quantitative estimate of drug-likeness (QED) is 0.671. The number of aryl methyl sites for hydroxylation is 1. The number of ether oxygens (including phenoxy) is 1. The summed E-state index contributed by atoms with van der Waals surface area (Å²) in [6, 6.07) is 13.6. The van der Waals surface area contributed by atoms with Crippen molar-refractivity contribution < 1.29 is 9.15 Å². The van der Waals surface area contributed by atoms with Crippen LogP contribution in [0.5, 0.6) is 5.75 Å². The molecule has 0 radical (unpaired) electrons. The average Bonchev–Trinajstić information content (AvgIpc) is 2.81. The van der Waals surface area contributed by atoms with Gasteiger partial charge in [0.25, 0.3) is 0 Å². The van der Waals surface area contributed by atoms with Crippen molar-refractivity contribution in [2.24, 2.45) is 0 Å². The molecule has 2 nitrogen and oxygen atoms in total. The van der Waals surface area contributed by atoms with Gasteiger partial charge in [0.1, 0.15) is 17.9 Å². The maximum Gasteiger partial charge on any atom is 0.135 e. The lowest BCUT2D eigenvalue weighted by molar-refractivity contribution is 0.306. The standard InChI is InChI=1S/C16H13ClO2/c1-11-4-2-5-13(8-11)18-9-12-10-19-15-7-3-6-14(17)16(12)15/h2-8,10H,9H2,1H3. The fourth-order valence-corrected chi connectivity index (χ4v) is 2.37. The van der Waals surface area contributed by atoms with Gasteiger partial charge in [-0.15, -0.1) is 0 Å². The summed E-state index contributed by atoms with van der Waals surface area (Å²) in [6.07, 6.45) is 1.70. The van der Waals surface area contributed by atoms with Crippen LogP contribution in [0.25, 0.3) is 11.0 Å². The van der Waals surface area contributed by atoms with E-state index in [-0.39, 0.29) is 0 Å². The molecule has 0 amide bonds. The molecular formula is C16H13ClO2. The number of fused-ring (bicyclic) bond motifs is 1. The molecule has 96 valence electrons. The maximum atomic E-state index is 6.19. The Kier molecular flexibility index (Phi) is 3.18. The second-order valence-electron chi connectivity index (χ2n) is 4.48. The van der Waals surface area contributed by atoms with Crippen LogP contribution in [0, 0.1) is 6.92 Å². The zero-order chi connectivity index (χ0) is 13.2. The van der Waals surface area contributed by atoms with Gasteiger partial charge in [0, 0.05) is 10.9 Å². The van der Waals surface area contributed by atoms with E-state index >= 15 is 0 Å². The van der Waals surface area contributed by atoms with Gasteiger partial charge >= 0.3 is 0 Å². The minimum atomic E-state index is 0.445. The summed E-state index contributed by atoms with van der Waals surface area (Å²) in [6.45, 7) is 2.48. The number of rotatable bonds is 3. The van der Waals surface area contributed by atoms with E-state index in [4.69, 9.17) is 20.8 Å². The Hall–Kier alpha value is -1.93. The van der Waals surface area contributed by atoms with E-state index in [0.717, 1.165) is 22.3 Å². The van der Waals surface area contributed by atoms with Crippen molar-refractivity contribution in [3.63, 3.8) is 0 Å². The van der Waals surface area contributed by atoms with Crippen molar-refractivity contribution in [1.29, 1.82) is 0 Å². The van der Waals surface area contributed by atoms with E-state index in [0.29, 0.717) is 11.6 Å². The Morgan fingerprint density at radius 1 is 1.16 bits per heavy atom. The van der Waals surface area contributed by atoms with Crippen LogP contribution in [0.15, 0.2) is 53.1 Å². The Balaban J connectivity index is 1.86. The lowest BCUT2D eigenvalue weighted by Crippen LogP contribution is -1.94. The monoisotopic (exact) mass is 272 g/mol. The summed E-state index contributed by atoms with van der Waals surface area (Å²) in [7, 11) is 0. The van der Waals surface area contributed by atoms with Crippen molar-refractivity contribution >= 4 is 22.6 Å². The molecule has 0 aliphatic carbocycles. The number of benzene rings is 2. The molecule has 1 aromatic heterocycles. The molecule has 0 spiro atoms. The lowest BCUT2D eigenvalue weighted by Gasteiger charge is -2.06. The van der Waals surface area contributed by atoms with Crippen LogP contribution in [0.1, 0.15) is 11.1 Å². The van der Waals surface area contributed by atoms with Gasteiger partial charge in [-0.25, -0.2) is 0 Å². The Bertz CT molecular complexity index is 716. The van der Waals surface area contributed by atoms with Gasteiger partial charge in [-0.05, 0) is 36.8 Å². The predicted molar refractivity (Wildman–Crippen MR) is 76.7 cm³/mol. The first-order valence-corrected chi connectivity index (χ1v) is 6.46. The second-order valence-corrected chi connectivity index (χ2v) is 4.89. The van der Waals surface area contributed by atoms with Crippen LogP contribution in [0.2, 0.25) is 5.02 Å². The molecule has 1 heterocycles. The van der Waals surface area contributed by atoms with E-state index in [9.17, 15) is 0 Å². The Morgan fingerprint density at radius 3 is 2.84 bits per heavy atom. The third kappa shape index (κ3) is 2.45. The highest BCUT2D eigenvalue weighted by Crippen LogP contribution is 2.29. The number of halogens is 1. The Morgan fingerprint density at radius 2 is 2.00 bits per heavy atom. The smallest absolute Gasteiger partial charge is 0.135 e. The minimum absolute atomic E-state index is 0.445. The summed E-state index contributed by atoms with van der Waals surface area (Å²) in [5, 5.41) is 1.62. The van der Waals surface area contributed by atoms with Gasteiger partial charge in [-0.3, -0.25) is 0 Å². The largest absolute Gasteiger partial charge is 0.489 e. The van der Waals surface area contributed by atoms with E-state index in [1.807, 2.05) is 49.4 Å². The van der Waals surface area contributed by atoms with Crippen molar-refractivity contribution in [3.8, 4) is 5.75 Å². The summed E-state index contributed by atoms with van der Waals surface area (Å²) in [5.41, 5.74) is 2.92. The summed E-state index contributed by atoms with van der Waals surface area (Å²) < 4.78 is 11.3. The molecule has 0 N–H and O–H groups in total. The molecule has 0 aliphatic rings. The van der Waals surface area contributed by atoms with Crippen molar-refractivity contribution in [3.05, 3.63) is 64.9 Å². The van der Waals surface area contributed by atoms with Crippen LogP contribution in [-0.2, 0) is 6.61 Å². The molecule has 3 aromatic rings. The highest BCUT2D eigenvalue weighted by atomic mass is 35.5. The van der Waals surface area contributed by atoms with E-state index in [2.05, 4.69) is 0 Å². The summed E-state index contributed by atoms with van der Waals surface area (Å²) in [5.74, 6) is 0.849. The van der Waals surface area contributed by atoms with Crippen LogP contribution in [-0.4, -0.2) is 0 Å². The minimum Gasteiger partial charge on any atom is -0.489 e. The first kappa shape index (κ1) is 12.1. The van der Waals surface area contributed by atoms with Crippen molar-refractivity contribution in [2.75, 3.05) is 0 Å². The molecule has 2 aromatic carbocycles. The summed E-state index contributed by atoms with van der Waals surface area (Å²) in [4.78, 5) is 0. The predicted octanol–water partition coefficient (Wildman–Crippen LogP) is 4.97. The summed E-state index contributed by atoms with van der Waals surface area (Å²) >= 11 is 6.19. The topological polar surface area (TPSA) is 22.4 Å². The molecule has 3 rings (SSSR count). The average molecular weight is 273 g/mol. The van der Waals surface area contributed by atoms with Gasteiger partial charge in [0.2, 0.25) is 0 Å². The zero-order valence-electron chi connectivity index (χ0n) is 10.5. The molecule has 0 unspecified atom stereocenters. The lowest BCUT2D eigenvalue weighted by atomic mass is 10.2. The molecule has 19 heavy (non-hydrogen) atoms. The highest BCUT2D eigenvalue weighted by Gasteiger charge is 2.09. The van der Waals surface area contributed by atoms with Gasteiger partial charge in [0.15, 0.2) is 0 Å². The fraction of sp³-hybridized carbons (Fsp3) is 0.125. The molecule has 0 atom stereocenters. The maximum absolute atomic E-state index is 6.19. The fourth-order valence-electron chi connectivity index (χ4n) is 2.08. The molecule has 0 fully saturated rings. The Labute approximate surface area is 116 Å². The van der Waals surface area contributed by atoms with Crippen LogP contribution in [0.3, 0.4) is 0 Å². The molecule has 0 saturated carbocycles. The highest BCUT2D eigenvalue weighted by molar-refractivity contribution is 6.35. The first-order chi connectivity index (χ1) is 9.24. The molecule has 0 aliphatic heterocycles. The van der Waals surface area contributed by atoms with E-state index < -0.39 is 0 Å². The van der Waals surface area contributed by atoms with Crippen LogP contribution < -0.4 is 4.74 Å². The number of hydrogen-bond acceptors (Lipinski definition) is 2.